The second kappa shape index (κ2) is 5.21. The third kappa shape index (κ3) is 3.59. The topological polar surface area (TPSA) is 76.8 Å². The van der Waals surface area contributed by atoms with E-state index in [2.05, 4.69) is 10.2 Å². The molecule has 18 heavy (non-hydrogen) atoms. The third-order valence-electron chi connectivity index (χ3n) is 1.74. The molecule has 0 fully saturated rings. The van der Waals surface area contributed by atoms with Crippen molar-refractivity contribution in [2.24, 2.45) is 21.7 Å². The normalized spacial score (nSPS) is 11.8. The Morgan fingerprint density at radius 3 is 2.39 bits per heavy atom. The molecule has 0 aliphatic carbocycles. The first kappa shape index (κ1) is 14.2. The van der Waals surface area contributed by atoms with Crippen molar-refractivity contribution in [3.8, 4) is 0 Å². The number of alkyl halides is 3. The minimum absolute atomic E-state index is 0.0845. The lowest BCUT2D eigenvalue weighted by atomic mass is 10.1. The van der Waals surface area contributed by atoms with Crippen molar-refractivity contribution in [2.75, 3.05) is 0 Å². The van der Waals surface area contributed by atoms with Gasteiger partial charge in [0.25, 0.3) is 0 Å². The predicted octanol–water partition coefficient (Wildman–Crippen LogP) is 2.11. The Balaban J connectivity index is 3.21. The zero-order valence-electron chi connectivity index (χ0n) is 8.67. The van der Waals surface area contributed by atoms with Crippen LogP contribution in [0.15, 0.2) is 22.3 Å². The van der Waals surface area contributed by atoms with Gasteiger partial charge in [-0.3, -0.25) is 0 Å². The fourth-order valence-electron chi connectivity index (χ4n) is 1.05. The summed E-state index contributed by atoms with van der Waals surface area (Å²) in [5.41, 5.74) is 8.35. The van der Waals surface area contributed by atoms with E-state index >= 15 is 0 Å². The lowest BCUT2D eigenvalue weighted by molar-refractivity contribution is -0.140. The molecule has 0 unspecified atom stereocenters. The summed E-state index contributed by atoms with van der Waals surface area (Å²) in [6, 6.07) is 1.52. The zero-order chi connectivity index (χ0) is 13.9. The molecule has 0 heterocycles. The van der Waals surface area contributed by atoms with Gasteiger partial charge in [-0.25, -0.2) is 4.39 Å². The van der Waals surface area contributed by atoms with Crippen molar-refractivity contribution in [3.63, 3.8) is 0 Å². The van der Waals surface area contributed by atoms with Crippen molar-refractivity contribution >= 4 is 23.8 Å². The van der Waals surface area contributed by atoms with E-state index in [1.54, 1.807) is 0 Å². The highest BCUT2D eigenvalue weighted by Gasteiger charge is 2.35. The van der Waals surface area contributed by atoms with Crippen LogP contribution in [0.2, 0.25) is 5.02 Å². The smallest absolute Gasteiger partial charge is 0.369 e. The van der Waals surface area contributed by atoms with Gasteiger partial charge in [0.1, 0.15) is 0 Å². The number of guanidine groups is 1. The molecule has 1 aromatic carbocycles. The minimum Gasteiger partial charge on any atom is -0.369 e. The van der Waals surface area contributed by atoms with Gasteiger partial charge in [0, 0.05) is 0 Å². The Morgan fingerprint density at radius 2 is 1.89 bits per heavy atom. The molecule has 0 aliphatic heterocycles. The maximum absolute atomic E-state index is 13.2. The number of benzene rings is 1. The number of hydrogen-bond donors (Lipinski definition) is 2. The van der Waals surface area contributed by atoms with Crippen LogP contribution >= 0.6 is 11.6 Å². The Labute approximate surface area is 104 Å². The third-order valence-corrected chi connectivity index (χ3v) is 2.01. The first-order valence-electron chi connectivity index (χ1n) is 4.40. The number of nitrogens with two attached hydrogens (primary N) is 2. The van der Waals surface area contributed by atoms with E-state index in [1.165, 1.54) is 0 Å². The van der Waals surface area contributed by atoms with E-state index in [0.717, 1.165) is 12.3 Å². The monoisotopic (exact) mass is 282 g/mol. The van der Waals surface area contributed by atoms with Crippen molar-refractivity contribution in [1.29, 1.82) is 0 Å². The van der Waals surface area contributed by atoms with Gasteiger partial charge in [-0.2, -0.15) is 18.3 Å². The van der Waals surface area contributed by atoms with Crippen molar-refractivity contribution in [1.82, 2.24) is 0 Å². The summed E-state index contributed by atoms with van der Waals surface area (Å²) in [5, 5.41) is 5.82. The largest absolute Gasteiger partial charge is 0.419 e. The first-order chi connectivity index (χ1) is 8.21. The Bertz CT molecular complexity index is 506. The highest BCUT2D eigenvalue weighted by atomic mass is 35.5. The summed E-state index contributed by atoms with van der Waals surface area (Å²) in [7, 11) is 0. The summed E-state index contributed by atoms with van der Waals surface area (Å²) in [6.07, 6.45) is -3.94. The SMILES string of the molecule is NC(N)=NN=Cc1cc(Cl)c(F)c(C(F)(F)F)c1. The van der Waals surface area contributed by atoms with Crippen LogP contribution in [0.5, 0.6) is 0 Å². The number of nitrogens with zero attached hydrogens (tertiary/aromatic N) is 2. The summed E-state index contributed by atoms with van der Waals surface area (Å²) in [5.74, 6) is -1.90. The summed E-state index contributed by atoms with van der Waals surface area (Å²) in [4.78, 5) is 0. The van der Waals surface area contributed by atoms with E-state index in [1.807, 2.05) is 0 Å². The van der Waals surface area contributed by atoms with Crippen molar-refractivity contribution in [2.45, 2.75) is 6.18 Å². The van der Waals surface area contributed by atoms with E-state index in [9.17, 15) is 17.6 Å². The molecule has 9 heteroatoms. The molecule has 0 saturated heterocycles. The summed E-state index contributed by atoms with van der Waals surface area (Å²) < 4.78 is 50.5. The highest BCUT2D eigenvalue weighted by Crippen LogP contribution is 2.34. The standard InChI is InChI=1S/C9H7ClF4N4/c10-6-2-4(3-17-18-8(15)16)1-5(7(6)11)9(12,13)14/h1-3H,(H4,15,16,18). The Morgan fingerprint density at radius 1 is 1.28 bits per heavy atom. The van der Waals surface area contributed by atoms with Crippen LogP contribution in [-0.4, -0.2) is 12.2 Å². The fourth-order valence-corrected chi connectivity index (χ4v) is 1.28. The molecule has 0 aromatic heterocycles. The Kier molecular flexibility index (Phi) is 4.12. The van der Waals surface area contributed by atoms with Gasteiger partial charge in [-0.15, -0.1) is 5.10 Å². The van der Waals surface area contributed by atoms with Crippen LogP contribution in [0.1, 0.15) is 11.1 Å². The first-order valence-corrected chi connectivity index (χ1v) is 4.78. The Hall–Kier alpha value is -1.83. The average Bonchev–Trinajstić information content (AvgIpc) is 2.20. The molecule has 0 atom stereocenters. The molecular formula is C9H7ClF4N4. The van der Waals surface area contributed by atoms with Gasteiger partial charge in [0.2, 0.25) is 5.96 Å². The second-order valence-electron chi connectivity index (χ2n) is 3.13. The van der Waals surface area contributed by atoms with Crippen LogP contribution < -0.4 is 11.5 Å². The van der Waals surface area contributed by atoms with Gasteiger partial charge in [-0.05, 0) is 17.7 Å². The van der Waals surface area contributed by atoms with Gasteiger partial charge < -0.3 is 11.5 Å². The molecule has 0 aliphatic rings. The number of hydrogen-bond acceptors (Lipinski definition) is 2. The predicted molar refractivity (Wildman–Crippen MR) is 59.8 cm³/mol. The number of rotatable bonds is 2. The lowest BCUT2D eigenvalue weighted by Gasteiger charge is -2.09. The highest BCUT2D eigenvalue weighted by molar-refractivity contribution is 6.31. The van der Waals surface area contributed by atoms with Crippen molar-refractivity contribution < 1.29 is 17.6 Å². The maximum Gasteiger partial charge on any atom is 0.419 e. The quantitative estimate of drug-likeness (QED) is 0.377. The lowest BCUT2D eigenvalue weighted by Crippen LogP contribution is -2.21. The molecule has 1 rings (SSSR count). The van der Waals surface area contributed by atoms with E-state index in [4.69, 9.17) is 23.1 Å². The minimum atomic E-state index is -4.85. The molecule has 0 radical (unpaired) electrons. The molecule has 0 amide bonds. The molecule has 1 aromatic rings. The second-order valence-corrected chi connectivity index (χ2v) is 3.54. The van der Waals surface area contributed by atoms with Crippen LogP contribution in [-0.2, 0) is 6.18 Å². The van der Waals surface area contributed by atoms with E-state index in [0.29, 0.717) is 6.07 Å². The van der Waals surface area contributed by atoms with E-state index < -0.39 is 22.6 Å². The van der Waals surface area contributed by atoms with Crippen molar-refractivity contribution in [3.05, 3.63) is 34.1 Å². The zero-order valence-corrected chi connectivity index (χ0v) is 9.43. The number of halogens is 5. The molecular weight excluding hydrogens is 276 g/mol. The molecule has 4 nitrogen and oxygen atoms in total. The van der Waals surface area contributed by atoms with Gasteiger partial charge in [0.15, 0.2) is 5.82 Å². The fraction of sp³-hybridized carbons (Fsp3) is 0.111. The van der Waals surface area contributed by atoms with E-state index in [-0.39, 0.29) is 11.5 Å². The van der Waals surface area contributed by atoms with Gasteiger partial charge in [0.05, 0.1) is 16.8 Å². The molecule has 0 bridgehead atoms. The molecule has 0 spiro atoms. The molecule has 0 saturated carbocycles. The van der Waals surface area contributed by atoms with Crippen LogP contribution in [0.4, 0.5) is 17.6 Å². The van der Waals surface area contributed by atoms with Crippen LogP contribution in [0.25, 0.3) is 0 Å². The maximum atomic E-state index is 13.2. The summed E-state index contributed by atoms with van der Waals surface area (Å²) >= 11 is 5.34. The van der Waals surface area contributed by atoms with Crippen LogP contribution in [0.3, 0.4) is 0 Å². The summed E-state index contributed by atoms with van der Waals surface area (Å²) in [6.45, 7) is 0. The molecule has 4 N–H and O–H groups in total. The average molecular weight is 283 g/mol. The van der Waals surface area contributed by atoms with Gasteiger partial charge >= 0.3 is 6.18 Å². The van der Waals surface area contributed by atoms with Gasteiger partial charge in [-0.1, -0.05) is 11.6 Å². The molecule has 98 valence electrons. The van der Waals surface area contributed by atoms with Crippen LogP contribution in [0, 0.1) is 5.82 Å².